The van der Waals surface area contributed by atoms with Crippen molar-refractivity contribution in [1.82, 2.24) is 20.8 Å². The minimum Gasteiger partial charge on any atom is -0.460 e. The fraction of sp³-hybridized carbons (Fsp3) is 0.553. The Kier molecular flexibility index (Phi) is 10.3. The lowest BCUT2D eigenvalue weighted by atomic mass is 9.64. The van der Waals surface area contributed by atoms with E-state index in [0.29, 0.717) is 25.2 Å². The van der Waals surface area contributed by atoms with Gasteiger partial charge in [0.1, 0.15) is 23.9 Å². The summed E-state index contributed by atoms with van der Waals surface area (Å²) in [4.78, 5) is 42.7. The fourth-order valence-corrected chi connectivity index (χ4v) is 6.96. The Labute approximate surface area is 294 Å². The smallest absolute Gasteiger partial charge is 0.408 e. The van der Waals surface area contributed by atoms with Gasteiger partial charge in [0, 0.05) is 30.7 Å². The predicted molar refractivity (Wildman–Crippen MR) is 185 cm³/mol. The van der Waals surface area contributed by atoms with E-state index in [1.807, 2.05) is 58.9 Å². The molecular weight excluding hydrogens is 640 g/mol. The Bertz CT molecular complexity index is 1650. The highest BCUT2D eigenvalue weighted by Crippen LogP contribution is 2.49. The first-order valence-electron chi connectivity index (χ1n) is 17.1. The maximum Gasteiger partial charge on any atom is 0.408 e. The molecule has 0 spiro atoms. The number of amides is 2. The number of carbonyl (C=O) groups is 3. The first-order chi connectivity index (χ1) is 23.3. The van der Waals surface area contributed by atoms with E-state index in [0.717, 1.165) is 22.3 Å². The van der Waals surface area contributed by atoms with Crippen LogP contribution in [-0.4, -0.2) is 63.9 Å². The quantitative estimate of drug-likeness (QED) is 0.155. The molecule has 270 valence electrons. The van der Waals surface area contributed by atoms with Crippen molar-refractivity contribution in [3.63, 3.8) is 0 Å². The number of alkyl carbamates (subject to hydrolysis) is 2. The van der Waals surface area contributed by atoms with Gasteiger partial charge in [0.25, 0.3) is 0 Å². The Morgan fingerprint density at radius 2 is 1.48 bits per heavy atom. The lowest BCUT2D eigenvalue weighted by Gasteiger charge is -2.49. The van der Waals surface area contributed by atoms with Gasteiger partial charge in [0.05, 0.1) is 12.2 Å². The molecular formula is C38H50N4O8. The van der Waals surface area contributed by atoms with E-state index in [4.69, 9.17) is 23.5 Å². The summed E-state index contributed by atoms with van der Waals surface area (Å²) in [5, 5.41) is 10.1. The minimum atomic E-state index is -0.875. The molecule has 2 N–H and O–H groups in total. The molecule has 3 aromatic rings. The standard InChI is InChI=1S/C38H50N4O8/c1-23(43)48-37(8,9)22-38(41-34(45)46-20-29-27-16-12-10-14-25(27)26-15-11-13-17-28(26)29)18-24(19-38)32-40-31(42-50-32)30(21-47-35(2,3)4)39-33(44)49-36(5,6)7/h10-17,24,29-30H,18-22H2,1-9H3,(H,39,44)(H,41,45). The number of benzene rings is 2. The van der Waals surface area contributed by atoms with Crippen LogP contribution < -0.4 is 10.6 Å². The normalized spacial score (nSPS) is 19.4. The number of nitrogens with one attached hydrogen (secondary N) is 2. The number of hydrogen-bond acceptors (Lipinski definition) is 10. The zero-order valence-electron chi connectivity index (χ0n) is 30.5. The van der Waals surface area contributed by atoms with Crippen LogP contribution in [0.4, 0.5) is 9.59 Å². The highest BCUT2D eigenvalue weighted by atomic mass is 16.6. The molecule has 0 radical (unpaired) electrons. The maximum atomic E-state index is 13.5. The Hall–Kier alpha value is -4.45. The molecule has 1 aromatic heterocycles. The average Bonchev–Trinajstić information content (AvgIpc) is 3.58. The number of ether oxygens (including phenoxy) is 4. The summed E-state index contributed by atoms with van der Waals surface area (Å²) in [6, 6.07) is 15.6. The molecule has 2 aromatic carbocycles. The van der Waals surface area contributed by atoms with E-state index in [1.54, 1.807) is 20.8 Å². The number of nitrogens with zero attached hydrogens (tertiary/aromatic N) is 2. The summed E-state index contributed by atoms with van der Waals surface area (Å²) in [7, 11) is 0. The number of hydrogen-bond donors (Lipinski definition) is 2. The third kappa shape index (κ3) is 9.21. The highest BCUT2D eigenvalue weighted by Gasteiger charge is 2.52. The number of aromatic nitrogens is 2. The van der Waals surface area contributed by atoms with E-state index < -0.39 is 46.5 Å². The molecule has 50 heavy (non-hydrogen) atoms. The van der Waals surface area contributed by atoms with Gasteiger partial charge in [-0.2, -0.15) is 4.98 Å². The van der Waals surface area contributed by atoms with Gasteiger partial charge in [-0.1, -0.05) is 53.7 Å². The van der Waals surface area contributed by atoms with E-state index in [2.05, 4.69) is 45.0 Å². The van der Waals surface area contributed by atoms with Crippen LogP contribution in [0, 0.1) is 0 Å². The van der Waals surface area contributed by atoms with Gasteiger partial charge in [0.2, 0.25) is 5.89 Å². The van der Waals surface area contributed by atoms with Crippen molar-refractivity contribution in [3.05, 3.63) is 71.4 Å². The first kappa shape index (κ1) is 36.8. The second-order valence-corrected chi connectivity index (χ2v) is 16.0. The molecule has 1 atom stereocenters. The molecule has 0 saturated heterocycles. The second kappa shape index (κ2) is 14.0. The summed E-state index contributed by atoms with van der Waals surface area (Å²) in [6.07, 6.45) is 0.0205. The highest BCUT2D eigenvalue weighted by molar-refractivity contribution is 5.79. The van der Waals surface area contributed by atoms with Crippen LogP contribution in [0.1, 0.15) is 122 Å². The monoisotopic (exact) mass is 690 g/mol. The Balaban J connectivity index is 1.29. The van der Waals surface area contributed by atoms with Gasteiger partial charge >= 0.3 is 18.2 Å². The zero-order valence-corrected chi connectivity index (χ0v) is 30.5. The summed E-state index contributed by atoms with van der Waals surface area (Å²) in [6.45, 7) is 16.3. The SMILES string of the molecule is CC(=O)OC(C)(C)CC1(NC(=O)OCC2c3ccccc3-c3ccccc32)CC(c2nc(C(COC(C)(C)C)NC(=O)OC(C)(C)C)no2)C1. The fourth-order valence-electron chi connectivity index (χ4n) is 6.96. The van der Waals surface area contributed by atoms with Crippen molar-refractivity contribution >= 4 is 18.2 Å². The van der Waals surface area contributed by atoms with Crippen molar-refractivity contribution in [3.8, 4) is 11.1 Å². The summed E-state index contributed by atoms with van der Waals surface area (Å²) in [5.41, 5.74) is 1.71. The van der Waals surface area contributed by atoms with E-state index in [-0.39, 0.29) is 30.9 Å². The molecule has 12 heteroatoms. The molecule has 12 nitrogen and oxygen atoms in total. The topological polar surface area (TPSA) is 151 Å². The van der Waals surface area contributed by atoms with Crippen LogP contribution in [0.2, 0.25) is 0 Å². The molecule has 2 amide bonds. The van der Waals surface area contributed by atoms with Gasteiger partial charge < -0.3 is 34.1 Å². The lowest BCUT2D eigenvalue weighted by Crippen LogP contribution is -2.60. The van der Waals surface area contributed by atoms with E-state index in [9.17, 15) is 14.4 Å². The zero-order chi connectivity index (χ0) is 36.5. The third-order valence-electron chi connectivity index (χ3n) is 8.66. The van der Waals surface area contributed by atoms with Crippen LogP contribution >= 0.6 is 0 Å². The molecule has 1 fully saturated rings. The van der Waals surface area contributed by atoms with Gasteiger partial charge in [0.15, 0.2) is 5.82 Å². The van der Waals surface area contributed by atoms with Crippen LogP contribution in [-0.2, 0) is 23.7 Å². The Morgan fingerprint density at radius 1 is 0.880 bits per heavy atom. The molecule has 1 heterocycles. The van der Waals surface area contributed by atoms with Crippen LogP contribution in [0.5, 0.6) is 0 Å². The maximum absolute atomic E-state index is 13.5. The number of esters is 1. The first-order valence-corrected chi connectivity index (χ1v) is 17.1. The Morgan fingerprint density at radius 3 is 2.04 bits per heavy atom. The number of rotatable bonds is 11. The summed E-state index contributed by atoms with van der Waals surface area (Å²) < 4.78 is 28.6. The predicted octanol–water partition coefficient (Wildman–Crippen LogP) is 7.34. The number of carbonyl (C=O) groups excluding carboxylic acids is 3. The number of fused-ring (bicyclic) bond motifs is 3. The third-order valence-corrected chi connectivity index (χ3v) is 8.66. The van der Waals surface area contributed by atoms with Crippen LogP contribution in [0.15, 0.2) is 53.1 Å². The van der Waals surface area contributed by atoms with Crippen molar-refractivity contribution in [2.75, 3.05) is 13.2 Å². The van der Waals surface area contributed by atoms with Crippen molar-refractivity contribution in [1.29, 1.82) is 0 Å². The molecule has 0 aliphatic heterocycles. The molecule has 2 aliphatic rings. The van der Waals surface area contributed by atoms with Gasteiger partial charge in [-0.15, -0.1) is 0 Å². The van der Waals surface area contributed by atoms with Gasteiger partial charge in [-0.25, -0.2) is 9.59 Å². The van der Waals surface area contributed by atoms with Crippen molar-refractivity contribution in [2.45, 2.75) is 122 Å². The molecule has 0 bridgehead atoms. The van der Waals surface area contributed by atoms with E-state index >= 15 is 0 Å². The second-order valence-electron chi connectivity index (χ2n) is 16.0. The minimum absolute atomic E-state index is 0.0861. The largest absolute Gasteiger partial charge is 0.460 e. The van der Waals surface area contributed by atoms with Crippen molar-refractivity contribution in [2.24, 2.45) is 0 Å². The van der Waals surface area contributed by atoms with E-state index in [1.165, 1.54) is 6.92 Å². The molecule has 2 aliphatic carbocycles. The average molecular weight is 691 g/mol. The molecule has 1 unspecified atom stereocenters. The molecule has 5 rings (SSSR count). The van der Waals surface area contributed by atoms with Crippen LogP contribution in [0.3, 0.4) is 0 Å². The summed E-state index contributed by atoms with van der Waals surface area (Å²) in [5.74, 6) is -0.0925. The summed E-state index contributed by atoms with van der Waals surface area (Å²) >= 11 is 0. The van der Waals surface area contributed by atoms with Gasteiger partial charge in [-0.05, 0) is 90.5 Å². The van der Waals surface area contributed by atoms with Crippen molar-refractivity contribution < 1.29 is 37.9 Å². The van der Waals surface area contributed by atoms with Crippen LogP contribution in [0.25, 0.3) is 11.1 Å². The molecule has 1 saturated carbocycles. The lowest BCUT2D eigenvalue weighted by molar-refractivity contribution is -0.156. The van der Waals surface area contributed by atoms with Gasteiger partial charge in [-0.3, -0.25) is 4.79 Å².